The fraction of sp³-hybridized carbons (Fsp3) is 0.333. The molecule has 0 N–H and O–H groups in total. The highest BCUT2D eigenvalue weighted by Gasteiger charge is 2.20. The Hall–Kier alpha value is -2.86. The Balaban J connectivity index is 1.77. The molecule has 138 valence electrons. The molecule has 3 aromatic rings. The van der Waals surface area contributed by atoms with Crippen molar-refractivity contribution in [1.29, 1.82) is 0 Å². The lowest BCUT2D eigenvalue weighted by molar-refractivity contribution is -0.0367. The molecule has 1 aromatic carbocycles. The van der Waals surface area contributed by atoms with Crippen LogP contribution in [0.4, 0.5) is 5.69 Å². The summed E-state index contributed by atoms with van der Waals surface area (Å²) in [6.07, 6.45) is 6.93. The first-order chi connectivity index (χ1) is 13.1. The van der Waals surface area contributed by atoms with Crippen molar-refractivity contribution in [2.45, 2.75) is 39.3 Å². The second-order valence-electron chi connectivity index (χ2n) is 6.99. The first kappa shape index (κ1) is 17.5. The van der Waals surface area contributed by atoms with Crippen molar-refractivity contribution in [1.82, 2.24) is 14.8 Å². The smallest absolute Gasteiger partial charge is 0.150 e. The quantitative estimate of drug-likeness (QED) is 0.589. The number of nitroso groups, excluding NO2 is 1. The zero-order chi connectivity index (χ0) is 18.8. The monoisotopic (exact) mass is 362 g/mol. The number of hydrogen-bond acceptors (Lipinski definition) is 5. The average molecular weight is 362 g/mol. The molecule has 3 heterocycles. The third kappa shape index (κ3) is 3.66. The Labute approximate surface area is 157 Å². The van der Waals surface area contributed by atoms with Crippen LogP contribution < -0.4 is 0 Å². The molecular weight excluding hydrogens is 340 g/mol. The second-order valence-corrected chi connectivity index (χ2v) is 6.99. The summed E-state index contributed by atoms with van der Waals surface area (Å²) < 4.78 is 7.80. The van der Waals surface area contributed by atoms with E-state index < -0.39 is 0 Å². The highest BCUT2D eigenvalue weighted by Crippen LogP contribution is 2.31. The first-order valence-corrected chi connectivity index (χ1v) is 9.24. The fourth-order valence-electron chi connectivity index (χ4n) is 3.59. The van der Waals surface area contributed by atoms with Crippen LogP contribution in [-0.2, 0) is 4.74 Å². The van der Waals surface area contributed by atoms with Crippen LogP contribution in [0.1, 0.15) is 48.1 Å². The lowest BCUT2D eigenvalue weighted by Crippen LogP contribution is -2.19. The number of hydrogen-bond donors (Lipinski definition) is 0. The van der Waals surface area contributed by atoms with Gasteiger partial charge in [0.25, 0.3) is 0 Å². The van der Waals surface area contributed by atoms with Crippen molar-refractivity contribution in [2.24, 2.45) is 5.18 Å². The molecule has 0 amide bonds. The van der Waals surface area contributed by atoms with Gasteiger partial charge in [-0.05, 0) is 86.3 Å². The van der Waals surface area contributed by atoms with Gasteiger partial charge in [0.15, 0.2) is 6.23 Å². The Morgan fingerprint density at radius 2 is 2.07 bits per heavy atom. The highest BCUT2D eigenvalue weighted by molar-refractivity contribution is 5.91. The molecule has 0 bridgehead atoms. The molecule has 0 aliphatic carbocycles. The number of aryl methyl sites for hydroxylation is 2. The van der Waals surface area contributed by atoms with E-state index in [1.807, 2.05) is 35.9 Å². The predicted molar refractivity (Wildman–Crippen MR) is 107 cm³/mol. The van der Waals surface area contributed by atoms with Gasteiger partial charge in [0.05, 0.1) is 16.9 Å². The molecule has 1 fully saturated rings. The van der Waals surface area contributed by atoms with Gasteiger partial charge in [-0.3, -0.25) is 4.98 Å². The van der Waals surface area contributed by atoms with Gasteiger partial charge < -0.3 is 4.74 Å². The molecule has 1 saturated heterocycles. The molecule has 1 unspecified atom stereocenters. The van der Waals surface area contributed by atoms with Crippen LogP contribution in [0.15, 0.2) is 35.5 Å². The van der Waals surface area contributed by atoms with Crippen molar-refractivity contribution in [2.75, 3.05) is 6.61 Å². The summed E-state index contributed by atoms with van der Waals surface area (Å²) >= 11 is 0. The van der Waals surface area contributed by atoms with E-state index in [2.05, 4.69) is 23.2 Å². The van der Waals surface area contributed by atoms with Crippen molar-refractivity contribution in [3.8, 4) is 0 Å². The number of benzene rings is 1. The maximum atomic E-state index is 11.0. The minimum atomic E-state index is -0.107. The van der Waals surface area contributed by atoms with Gasteiger partial charge in [0, 0.05) is 17.7 Å². The van der Waals surface area contributed by atoms with E-state index >= 15 is 0 Å². The molecule has 1 aliphatic rings. The van der Waals surface area contributed by atoms with E-state index in [0.717, 1.165) is 53.9 Å². The molecule has 0 saturated carbocycles. The van der Waals surface area contributed by atoms with Crippen LogP contribution in [0.5, 0.6) is 0 Å². The lowest BCUT2D eigenvalue weighted by atomic mass is 10.1. The molecule has 1 aliphatic heterocycles. The first-order valence-electron chi connectivity index (χ1n) is 9.24. The van der Waals surface area contributed by atoms with Crippen LogP contribution in [0.2, 0.25) is 0 Å². The second kappa shape index (κ2) is 7.40. The maximum absolute atomic E-state index is 11.0. The molecule has 6 heteroatoms. The molecular formula is C21H22N4O2. The van der Waals surface area contributed by atoms with Crippen molar-refractivity contribution in [3.63, 3.8) is 0 Å². The maximum Gasteiger partial charge on any atom is 0.150 e. The zero-order valence-corrected chi connectivity index (χ0v) is 15.6. The topological polar surface area (TPSA) is 69.4 Å². The third-order valence-electron chi connectivity index (χ3n) is 4.78. The van der Waals surface area contributed by atoms with Gasteiger partial charge >= 0.3 is 0 Å². The van der Waals surface area contributed by atoms with E-state index in [9.17, 15) is 4.91 Å². The Morgan fingerprint density at radius 1 is 1.19 bits per heavy atom. The van der Waals surface area contributed by atoms with Gasteiger partial charge in [-0.2, -0.15) is 5.10 Å². The van der Waals surface area contributed by atoms with Gasteiger partial charge in [0.2, 0.25) is 0 Å². The number of fused-ring (bicyclic) bond motifs is 1. The largest absolute Gasteiger partial charge is 0.356 e. The summed E-state index contributed by atoms with van der Waals surface area (Å²) in [6.45, 7) is 4.78. The van der Waals surface area contributed by atoms with Crippen LogP contribution in [0, 0.1) is 18.8 Å². The van der Waals surface area contributed by atoms with Gasteiger partial charge in [-0.15, -0.1) is 4.91 Å². The van der Waals surface area contributed by atoms with Crippen molar-refractivity contribution >= 4 is 28.7 Å². The van der Waals surface area contributed by atoms with Crippen molar-refractivity contribution < 1.29 is 4.74 Å². The number of nitrogens with zero attached hydrogens (tertiary/aromatic N) is 4. The summed E-state index contributed by atoms with van der Waals surface area (Å²) in [5.41, 5.74) is 5.16. The summed E-state index contributed by atoms with van der Waals surface area (Å²) in [6, 6.07) is 9.49. The predicted octanol–water partition coefficient (Wildman–Crippen LogP) is 5.32. The summed E-state index contributed by atoms with van der Waals surface area (Å²) in [4.78, 5) is 15.5. The van der Waals surface area contributed by atoms with E-state index in [1.54, 1.807) is 12.1 Å². The highest BCUT2D eigenvalue weighted by atomic mass is 16.5. The van der Waals surface area contributed by atoms with E-state index in [-0.39, 0.29) is 6.23 Å². The van der Waals surface area contributed by atoms with Gasteiger partial charge in [-0.25, -0.2) is 4.68 Å². The van der Waals surface area contributed by atoms with Gasteiger partial charge in [0.1, 0.15) is 5.69 Å². The molecule has 2 aromatic heterocycles. The molecule has 4 rings (SSSR count). The van der Waals surface area contributed by atoms with Crippen LogP contribution in [0.3, 0.4) is 0 Å². The number of ether oxygens (including phenoxy) is 1. The molecule has 1 atom stereocenters. The molecule has 0 spiro atoms. The Kier molecular flexibility index (Phi) is 4.81. The van der Waals surface area contributed by atoms with Crippen molar-refractivity contribution in [3.05, 3.63) is 57.9 Å². The minimum absolute atomic E-state index is 0.107. The minimum Gasteiger partial charge on any atom is -0.356 e. The van der Waals surface area contributed by atoms with Crippen LogP contribution in [0.25, 0.3) is 23.1 Å². The number of pyridine rings is 1. The molecule has 27 heavy (non-hydrogen) atoms. The number of aromatic nitrogens is 3. The normalized spacial score (nSPS) is 17.6. The summed E-state index contributed by atoms with van der Waals surface area (Å²) in [7, 11) is 0. The summed E-state index contributed by atoms with van der Waals surface area (Å²) in [5.74, 6) is 0. The van der Waals surface area contributed by atoms with Crippen LogP contribution >= 0.6 is 0 Å². The zero-order valence-electron chi connectivity index (χ0n) is 15.6. The van der Waals surface area contributed by atoms with E-state index in [0.29, 0.717) is 5.69 Å². The van der Waals surface area contributed by atoms with E-state index in [4.69, 9.17) is 9.84 Å². The standard InChI is InChI=1S/C21H22N4O2/c1-14-11-15(2)22-16(12-14)7-9-19-18-8-6-17(24-26)13-20(18)25(23-19)21-5-3-4-10-27-21/h6-9,11-13,21H,3-5,10H2,1-2H3/b9-7+. The van der Waals surface area contributed by atoms with Crippen LogP contribution in [-0.4, -0.2) is 21.4 Å². The Morgan fingerprint density at radius 3 is 2.81 bits per heavy atom. The van der Waals surface area contributed by atoms with Gasteiger partial charge in [-0.1, -0.05) is 0 Å². The average Bonchev–Trinajstić information content (AvgIpc) is 3.04. The molecule has 0 radical (unpaired) electrons. The number of rotatable bonds is 4. The fourth-order valence-corrected chi connectivity index (χ4v) is 3.59. The molecule has 6 nitrogen and oxygen atoms in total. The SMILES string of the molecule is Cc1cc(C)nc(/C=C/c2nn(C3CCCCO3)c3cc(N=O)ccc23)c1. The van der Waals surface area contributed by atoms with E-state index in [1.165, 1.54) is 5.56 Å². The third-order valence-corrected chi connectivity index (χ3v) is 4.78. The summed E-state index contributed by atoms with van der Waals surface area (Å²) in [5, 5.41) is 8.82. The lowest BCUT2D eigenvalue weighted by Gasteiger charge is -2.23. The Bertz CT molecular complexity index is 996.